The van der Waals surface area contributed by atoms with E-state index >= 15 is 0 Å². The Balaban J connectivity index is 1.98. The van der Waals surface area contributed by atoms with Crippen LogP contribution in [-0.4, -0.2) is 35.7 Å². The molecule has 2 atom stereocenters. The summed E-state index contributed by atoms with van der Waals surface area (Å²) < 4.78 is 0. The first-order valence-electron chi connectivity index (χ1n) is 6.54. The normalized spacial score (nSPS) is 25.1. The maximum Gasteiger partial charge on any atom is 0.270 e. The molecule has 0 radical (unpaired) electrons. The summed E-state index contributed by atoms with van der Waals surface area (Å²) in [6.07, 6.45) is 0. The van der Waals surface area contributed by atoms with Gasteiger partial charge in [-0.1, -0.05) is 13.0 Å². The van der Waals surface area contributed by atoms with Crippen molar-refractivity contribution in [2.24, 2.45) is 11.8 Å². The molecule has 0 aromatic heterocycles. The summed E-state index contributed by atoms with van der Waals surface area (Å²) in [5.74, 6) is -1.86. The van der Waals surface area contributed by atoms with Crippen molar-refractivity contribution >= 4 is 23.4 Å². The number of nitrogens with zero attached hydrogens (tertiary/aromatic N) is 1. The van der Waals surface area contributed by atoms with Gasteiger partial charge >= 0.3 is 0 Å². The third-order valence-corrected chi connectivity index (χ3v) is 4.00. The van der Waals surface area contributed by atoms with Crippen molar-refractivity contribution in [3.8, 4) is 0 Å². The van der Waals surface area contributed by atoms with E-state index in [1.165, 1.54) is 6.07 Å². The van der Waals surface area contributed by atoms with Crippen LogP contribution in [0.15, 0.2) is 18.2 Å². The maximum atomic E-state index is 12.5. The first kappa shape index (κ1) is 12.8. The summed E-state index contributed by atoms with van der Waals surface area (Å²) in [5, 5.41) is 3.09. The van der Waals surface area contributed by atoms with Crippen LogP contribution in [0.3, 0.4) is 0 Å². The number of hydrogen-bond acceptors (Lipinski definition) is 5. The summed E-state index contributed by atoms with van der Waals surface area (Å²) in [4.78, 5) is 37.8. The van der Waals surface area contributed by atoms with E-state index in [1.807, 2.05) is 6.92 Å². The number of benzene rings is 1. The first-order chi connectivity index (χ1) is 9.52. The largest absolute Gasteiger partial charge is 0.398 e. The van der Waals surface area contributed by atoms with Crippen LogP contribution in [0.2, 0.25) is 0 Å². The van der Waals surface area contributed by atoms with Crippen molar-refractivity contribution < 1.29 is 14.4 Å². The Morgan fingerprint density at radius 2 is 2.05 bits per heavy atom. The van der Waals surface area contributed by atoms with Crippen molar-refractivity contribution in [1.29, 1.82) is 0 Å². The van der Waals surface area contributed by atoms with Gasteiger partial charge < -0.3 is 11.1 Å². The number of carbonyl (C=O) groups excluding carboxylic acids is 3. The summed E-state index contributed by atoms with van der Waals surface area (Å²) in [7, 11) is 0. The van der Waals surface area contributed by atoms with E-state index in [-0.39, 0.29) is 28.7 Å². The highest BCUT2D eigenvalue weighted by Gasteiger charge is 2.45. The molecule has 104 valence electrons. The van der Waals surface area contributed by atoms with Gasteiger partial charge in [-0.2, -0.15) is 0 Å². The zero-order chi connectivity index (χ0) is 14.4. The molecule has 0 saturated carbocycles. The molecule has 20 heavy (non-hydrogen) atoms. The quantitative estimate of drug-likeness (QED) is 0.565. The predicted molar refractivity (Wildman–Crippen MR) is 71.9 cm³/mol. The van der Waals surface area contributed by atoms with E-state index in [0.717, 1.165) is 4.90 Å². The number of fused-ring (bicyclic) bond motifs is 1. The average molecular weight is 273 g/mol. The molecule has 6 nitrogen and oxygen atoms in total. The molecule has 2 heterocycles. The van der Waals surface area contributed by atoms with Crippen LogP contribution in [0.5, 0.6) is 0 Å². The minimum absolute atomic E-state index is 0.101. The van der Waals surface area contributed by atoms with Crippen LogP contribution < -0.4 is 11.1 Å². The third-order valence-electron chi connectivity index (χ3n) is 4.00. The van der Waals surface area contributed by atoms with Gasteiger partial charge in [-0.15, -0.1) is 0 Å². The fourth-order valence-corrected chi connectivity index (χ4v) is 2.82. The lowest BCUT2D eigenvalue weighted by Crippen LogP contribution is -2.42. The zero-order valence-electron chi connectivity index (χ0n) is 11.1. The van der Waals surface area contributed by atoms with Crippen molar-refractivity contribution in [3.05, 3.63) is 29.3 Å². The van der Waals surface area contributed by atoms with Crippen molar-refractivity contribution in [2.45, 2.75) is 6.92 Å². The lowest BCUT2D eigenvalue weighted by molar-refractivity contribution is -0.130. The van der Waals surface area contributed by atoms with Crippen LogP contribution in [-0.2, 0) is 4.79 Å². The Morgan fingerprint density at radius 1 is 1.30 bits per heavy atom. The highest BCUT2D eigenvalue weighted by Crippen LogP contribution is 2.30. The second-order valence-electron chi connectivity index (χ2n) is 5.30. The van der Waals surface area contributed by atoms with E-state index in [0.29, 0.717) is 13.1 Å². The van der Waals surface area contributed by atoms with Crippen LogP contribution in [0.25, 0.3) is 0 Å². The topological polar surface area (TPSA) is 92.5 Å². The Labute approximate surface area is 115 Å². The maximum absolute atomic E-state index is 12.5. The van der Waals surface area contributed by atoms with Gasteiger partial charge in [-0.3, -0.25) is 14.4 Å². The Bertz CT molecular complexity index is 626. The molecule has 0 bridgehead atoms. The van der Waals surface area contributed by atoms with Crippen molar-refractivity contribution in [3.63, 3.8) is 0 Å². The average Bonchev–Trinajstić information content (AvgIpc) is 2.93. The molecule has 2 aliphatic rings. The smallest absolute Gasteiger partial charge is 0.270 e. The number of rotatable bonds is 1. The lowest BCUT2D eigenvalue weighted by Gasteiger charge is -2.19. The SMILES string of the molecule is C[C@@H]1CNC[C@H]1C(=O)N1C(=O)c2cccc(N)c2C1=O. The third kappa shape index (κ3) is 1.65. The first-order valence-corrected chi connectivity index (χ1v) is 6.54. The molecule has 6 heteroatoms. The summed E-state index contributed by atoms with van der Waals surface area (Å²) >= 11 is 0. The van der Waals surface area contributed by atoms with Gasteiger partial charge in [-0.05, 0) is 24.6 Å². The fourth-order valence-electron chi connectivity index (χ4n) is 2.82. The lowest BCUT2D eigenvalue weighted by atomic mass is 9.96. The number of nitrogens with two attached hydrogens (primary N) is 1. The van der Waals surface area contributed by atoms with Crippen LogP contribution in [0.4, 0.5) is 5.69 Å². The molecule has 1 aromatic rings. The molecule has 3 rings (SSSR count). The van der Waals surface area contributed by atoms with Crippen molar-refractivity contribution in [1.82, 2.24) is 10.2 Å². The number of amides is 3. The zero-order valence-corrected chi connectivity index (χ0v) is 11.1. The van der Waals surface area contributed by atoms with Gasteiger partial charge in [0.15, 0.2) is 0 Å². The van der Waals surface area contributed by atoms with E-state index in [4.69, 9.17) is 5.73 Å². The molecule has 1 fully saturated rings. The monoisotopic (exact) mass is 273 g/mol. The van der Waals surface area contributed by atoms with Crippen LogP contribution >= 0.6 is 0 Å². The van der Waals surface area contributed by atoms with Gasteiger partial charge in [0.05, 0.1) is 17.0 Å². The van der Waals surface area contributed by atoms with E-state index < -0.39 is 17.7 Å². The fraction of sp³-hybridized carbons (Fsp3) is 0.357. The number of carbonyl (C=O) groups is 3. The Hall–Kier alpha value is -2.21. The van der Waals surface area contributed by atoms with Crippen LogP contribution in [0, 0.1) is 11.8 Å². The molecule has 0 aliphatic carbocycles. The molecule has 2 aliphatic heterocycles. The van der Waals surface area contributed by atoms with Gasteiger partial charge in [-0.25, -0.2) is 4.90 Å². The molecule has 1 saturated heterocycles. The number of imide groups is 3. The van der Waals surface area contributed by atoms with E-state index in [1.54, 1.807) is 12.1 Å². The highest BCUT2D eigenvalue weighted by molar-refractivity contribution is 6.30. The second-order valence-corrected chi connectivity index (χ2v) is 5.30. The molecule has 0 unspecified atom stereocenters. The van der Waals surface area contributed by atoms with Crippen LogP contribution in [0.1, 0.15) is 27.6 Å². The number of hydrogen-bond donors (Lipinski definition) is 2. The number of anilines is 1. The van der Waals surface area contributed by atoms with E-state index in [9.17, 15) is 14.4 Å². The minimum atomic E-state index is -0.604. The van der Waals surface area contributed by atoms with E-state index in [2.05, 4.69) is 5.32 Å². The van der Waals surface area contributed by atoms with Gasteiger partial charge in [0, 0.05) is 12.2 Å². The molecule has 0 spiro atoms. The van der Waals surface area contributed by atoms with Gasteiger partial charge in [0.2, 0.25) is 5.91 Å². The predicted octanol–water partition coefficient (Wildman–Crippen LogP) is 0.247. The molecule has 3 amide bonds. The molecule has 3 N–H and O–H groups in total. The van der Waals surface area contributed by atoms with Gasteiger partial charge in [0.1, 0.15) is 0 Å². The standard InChI is InChI=1S/C14H15N3O3/c1-7-5-16-6-9(7)13(19)17-12(18)8-3-2-4-10(15)11(8)14(17)20/h2-4,7,9,16H,5-6,15H2,1H3/t7-,9-/m1/s1. The summed E-state index contributed by atoms with van der Waals surface area (Å²) in [5.41, 5.74) is 6.33. The highest BCUT2D eigenvalue weighted by atomic mass is 16.2. The van der Waals surface area contributed by atoms with Crippen molar-refractivity contribution in [2.75, 3.05) is 18.8 Å². The van der Waals surface area contributed by atoms with Gasteiger partial charge in [0.25, 0.3) is 11.8 Å². The molecular weight excluding hydrogens is 258 g/mol. The molecular formula is C14H15N3O3. The number of nitrogen functional groups attached to an aromatic ring is 1. The summed E-state index contributed by atoms with van der Waals surface area (Å²) in [6, 6.07) is 4.68. The Morgan fingerprint density at radius 3 is 2.65 bits per heavy atom. The summed E-state index contributed by atoms with van der Waals surface area (Å²) in [6.45, 7) is 3.12. The number of nitrogens with one attached hydrogen (secondary N) is 1. The second kappa shape index (κ2) is 4.42. The minimum Gasteiger partial charge on any atom is -0.398 e. The molecule has 1 aromatic carbocycles. The Kier molecular flexibility index (Phi) is 2.83.